The van der Waals surface area contributed by atoms with Crippen molar-refractivity contribution in [2.75, 3.05) is 46.2 Å². The second-order valence-corrected chi connectivity index (χ2v) is 10.1. The quantitative estimate of drug-likeness (QED) is 0.0619. The molecule has 0 bridgehead atoms. The molecule has 1 saturated carbocycles. The second-order valence-electron chi connectivity index (χ2n) is 10.1. The zero-order valence-electron chi connectivity index (χ0n) is 22.9. The maximum absolute atomic E-state index is 12.4. The fourth-order valence-corrected chi connectivity index (χ4v) is 4.80. The van der Waals surface area contributed by atoms with Gasteiger partial charge < -0.3 is 60.2 Å². The van der Waals surface area contributed by atoms with Gasteiger partial charge in [-0.3, -0.25) is 9.59 Å². The van der Waals surface area contributed by atoms with Crippen LogP contribution in [0, 0.1) is 18.3 Å². The van der Waals surface area contributed by atoms with E-state index in [0.717, 1.165) is 0 Å². The second kappa shape index (κ2) is 17.5. The molecule has 234 valence electrons. The number of carbonyl (C=O) groups is 3. The Hall–Kier alpha value is -2.39. The van der Waals surface area contributed by atoms with Gasteiger partial charge in [-0.25, -0.2) is 4.79 Å². The maximum atomic E-state index is 12.4. The molecular formula is C26H42N2O13. The summed E-state index contributed by atoms with van der Waals surface area (Å²) in [6, 6.07) is -1.44. The average Bonchev–Trinajstić information content (AvgIpc) is 2.95. The molecule has 6 atom stereocenters. The van der Waals surface area contributed by atoms with E-state index >= 15 is 0 Å². The minimum Gasteiger partial charge on any atom is -0.477 e. The van der Waals surface area contributed by atoms with Crippen molar-refractivity contribution in [3.8, 4) is 12.3 Å². The number of aliphatic hydroxyl groups excluding tert-OH is 5. The molecule has 2 rings (SSSR count). The molecule has 0 aromatic rings. The van der Waals surface area contributed by atoms with Gasteiger partial charge in [-0.2, -0.15) is 0 Å². The van der Waals surface area contributed by atoms with Gasteiger partial charge in [0.25, 0.3) is 5.79 Å². The highest BCUT2D eigenvalue weighted by Gasteiger charge is 2.55. The molecule has 2 unspecified atom stereocenters. The highest BCUT2D eigenvalue weighted by molar-refractivity contribution is 5.78. The van der Waals surface area contributed by atoms with E-state index in [4.69, 9.17) is 30.5 Å². The third-order valence-corrected chi connectivity index (χ3v) is 7.02. The number of carboxylic acids is 1. The highest BCUT2D eigenvalue weighted by atomic mass is 16.7. The first-order chi connectivity index (χ1) is 19.5. The van der Waals surface area contributed by atoms with Gasteiger partial charge in [0.05, 0.1) is 50.8 Å². The number of aliphatic hydroxyl groups is 5. The van der Waals surface area contributed by atoms with E-state index in [-0.39, 0.29) is 57.4 Å². The van der Waals surface area contributed by atoms with Crippen LogP contribution in [-0.4, -0.2) is 137 Å². The van der Waals surface area contributed by atoms with Crippen LogP contribution in [0.5, 0.6) is 0 Å². The minimum atomic E-state index is -2.48. The summed E-state index contributed by atoms with van der Waals surface area (Å²) < 4.78 is 21.4. The number of ether oxygens (including phenoxy) is 4. The van der Waals surface area contributed by atoms with E-state index in [9.17, 15) is 39.9 Å². The van der Waals surface area contributed by atoms with Crippen LogP contribution in [0.1, 0.15) is 38.5 Å². The molecule has 2 aliphatic rings. The summed E-state index contributed by atoms with van der Waals surface area (Å²) in [5, 5.41) is 65.8. The number of hydrogen-bond acceptors (Lipinski definition) is 12. The number of aliphatic carboxylic acids is 1. The summed E-state index contributed by atoms with van der Waals surface area (Å²) in [5.74, 6) is -3.09. The first-order valence-corrected chi connectivity index (χ1v) is 13.6. The zero-order valence-corrected chi connectivity index (χ0v) is 22.9. The van der Waals surface area contributed by atoms with Crippen LogP contribution in [0.25, 0.3) is 0 Å². The Morgan fingerprint density at radius 3 is 2.32 bits per heavy atom. The Morgan fingerprint density at radius 2 is 1.68 bits per heavy atom. The molecule has 1 heterocycles. The predicted octanol–water partition coefficient (Wildman–Crippen LogP) is -3.14. The molecule has 0 aromatic heterocycles. The lowest BCUT2D eigenvalue weighted by molar-refractivity contribution is -0.312. The Labute approximate surface area is 238 Å². The lowest BCUT2D eigenvalue weighted by Gasteiger charge is -2.46. The highest BCUT2D eigenvalue weighted by Crippen LogP contribution is 2.33. The van der Waals surface area contributed by atoms with Gasteiger partial charge in [0.2, 0.25) is 11.8 Å². The third kappa shape index (κ3) is 11.1. The fourth-order valence-electron chi connectivity index (χ4n) is 4.80. The number of hydrogen-bond donors (Lipinski definition) is 8. The van der Waals surface area contributed by atoms with Crippen molar-refractivity contribution >= 4 is 17.8 Å². The molecule has 1 aliphatic heterocycles. The number of amides is 2. The molecule has 15 nitrogen and oxygen atoms in total. The minimum absolute atomic E-state index is 0.0724. The van der Waals surface area contributed by atoms with Crippen LogP contribution in [0.3, 0.4) is 0 Å². The molecule has 0 aromatic carbocycles. The summed E-state index contributed by atoms with van der Waals surface area (Å²) >= 11 is 0. The molecule has 0 spiro atoms. The number of nitrogens with one attached hydrogen (secondary N) is 2. The topological polar surface area (TPSA) is 234 Å². The smallest absolute Gasteiger partial charge is 0.364 e. The molecule has 15 heteroatoms. The van der Waals surface area contributed by atoms with Crippen molar-refractivity contribution in [2.24, 2.45) is 5.92 Å². The SMILES string of the molecule is C#CCOCCOCCO[C@]1(C(=O)O)C[C@H](O)[C@@H](NC(=O)CO)[C@H](C(O)C(O)CNC(=O)CC2CCC(O)CC2)O1. The molecule has 8 N–H and O–H groups in total. The van der Waals surface area contributed by atoms with Crippen molar-refractivity contribution in [1.29, 1.82) is 0 Å². The Kier molecular flexibility index (Phi) is 14.9. The van der Waals surface area contributed by atoms with E-state index in [2.05, 4.69) is 16.6 Å². The van der Waals surface area contributed by atoms with E-state index in [0.29, 0.717) is 25.7 Å². The Balaban J connectivity index is 2.03. The van der Waals surface area contributed by atoms with E-state index < -0.39 is 67.7 Å². The van der Waals surface area contributed by atoms with Gasteiger partial charge in [0.1, 0.15) is 25.4 Å². The van der Waals surface area contributed by atoms with Crippen LogP contribution in [0.2, 0.25) is 0 Å². The fraction of sp³-hybridized carbons (Fsp3) is 0.808. The first kappa shape index (κ1) is 34.8. The molecule has 1 saturated heterocycles. The zero-order chi connectivity index (χ0) is 30.4. The van der Waals surface area contributed by atoms with E-state index in [1.54, 1.807) is 0 Å². The van der Waals surface area contributed by atoms with Gasteiger partial charge in [-0.15, -0.1) is 6.42 Å². The number of rotatable bonds is 17. The van der Waals surface area contributed by atoms with Gasteiger partial charge in [0.15, 0.2) is 0 Å². The first-order valence-electron chi connectivity index (χ1n) is 13.6. The Bertz CT molecular complexity index is 876. The summed E-state index contributed by atoms with van der Waals surface area (Å²) in [6.45, 7) is -1.35. The van der Waals surface area contributed by atoms with Crippen LogP contribution in [0.15, 0.2) is 0 Å². The standard InChI is InChI=1S/C26H42N2O13/c1-2-7-38-8-9-39-10-11-40-26(25(36)37)13-18(31)22(28-21(34)15-29)24(41-26)23(35)19(32)14-27-20(33)12-16-3-5-17(30)6-4-16/h1,16-19,22-24,29-32,35H,3-15H2,(H,27,33)(H,28,34)(H,36,37)/t16?,17?,18-,19?,22+,23?,24+,26+/m0/s1. The number of carboxylic acid groups (broad SMARTS) is 1. The number of carbonyl (C=O) groups excluding carboxylic acids is 2. The third-order valence-electron chi connectivity index (χ3n) is 7.02. The van der Waals surface area contributed by atoms with Crippen molar-refractivity contribution in [1.82, 2.24) is 10.6 Å². The van der Waals surface area contributed by atoms with Gasteiger partial charge in [-0.05, 0) is 31.6 Å². The maximum Gasteiger partial charge on any atom is 0.364 e. The molecule has 41 heavy (non-hydrogen) atoms. The monoisotopic (exact) mass is 590 g/mol. The normalized spacial score (nSPS) is 29.6. The van der Waals surface area contributed by atoms with Crippen LogP contribution >= 0.6 is 0 Å². The van der Waals surface area contributed by atoms with Gasteiger partial charge in [0, 0.05) is 19.4 Å². The Morgan fingerprint density at radius 1 is 1.02 bits per heavy atom. The largest absolute Gasteiger partial charge is 0.477 e. The van der Waals surface area contributed by atoms with Gasteiger partial charge >= 0.3 is 5.97 Å². The van der Waals surface area contributed by atoms with Crippen molar-refractivity contribution in [2.45, 2.75) is 80.9 Å². The van der Waals surface area contributed by atoms with Crippen molar-refractivity contribution < 1.29 is 64.0 Å². The molecular weight excluding hydrogens is 548 g/mol. The lowest BCUT2D eigenvalue weighted by Crippen LogP contribution is -2.68. The van der Waals surface area contributed by atoms with Crippen molar-refractivity contribution in [3.05, 3.63) is 0 Å². The molecule has 2 fully saturated rings. The molecule has 2 amide bonds. The summed E-state index contributed by atoms with van der Waals surface area (Å²) in [6.07, 6.45) is -0.223. The molecule has 0 radical (unpaired) electrons. The van der Waals surface area contributed by atoms with Crippen molar-refractivity contribution in [3.63, 3.8) is 0 Å². The molecule has 1 aliphatic carbocycles. The summed E-state index contributed by atoms with van der Waals surface area (Å²) in [4.78, 5) is 36.5. The van der Waals surface area contributed by atoms with Crippen LogP contribution in [-0.2, 0) is 33.3 Å². The summed E-state index contributed by atoms with van der Waals surface area (Å²) in [7, 11) is 0. The summed E-state index contributed by atoms with van der Waals surface area (Å²) in [5.41, 5.74) is 0. The lowest BCUT2D eigenvalue weighted by atomic mass is 9.85. The van der Waals surface area contributed by atoms with Crippen LogP contribution < -0.4 is 10.6 Å². The van der Waals surface area contributed by atoms with E-state index in [1.807, 2.05) is 0 Å². The van der Waals surface area contributed by atoms with Gasteiger partial charge in [-0.1, -0.05) is 5.92 Å². The van der Waals surface area contributed by atoms with Crippen LogP contribution in [0.4, 0.5) is 0 Å². The van der Waals surface area contributed by atoms with E-state index in [1.165, 1.54) is 0 Å². The predicted molar refractivity (Wildman–Crippen MR) is 139 cm³/mol. The number of terminal acetylenes is 1. The average molecular weight is 591 g/mol.